The summed E-state index contributed by atoms with van der Waals surface area (Å²) in [5.41, 5.74) is 4.53. The average molecular weight is 249 g/mol. The number of halogens is 3. The second-order valence-electron chi connectivity index (χ2n) is 2.90. The number of carbonyl (C=O) groups excluding carboxylic acids is 2. The summed E-state index contributed by atoms with van der Waals surface area (Å²) in [6.45, 7) is -0.409. The standard InChI is InChI=1S/C9H7ClF2N2O2/c10-5-2-7(12)6(11)1-4(5)9(16)14-3-8(13)15/h1-2H,3H2,(H2,13,15)(H,14,16). The summed E-state index contributed by atoms with van der Waals surface area (Å²) in [7, 11) is 0. The Hall–Kier alpha value is -1.69. The molecule has 0 unspecified atom stereocenters. The van der Waals surface area contributed by atoms with Crippen molar-refractivity contribution in [3.63, 3.8) is 0 Å². The van der Waals surface area contributed by atoms with Crippen molar-refractivity contribution in [1.29, 1.82) is 0 Å². The molecule has 2 amide bonds. The number of amides is 2. The second-order valence-corrected chi connectivity index (χ2v) is 3.30. The van der Waals surface area contributed by atoms with E-state index >= 15 is 0 Å². The van der Waals surface area contributed by atoms with Crippen molar-refractivity contribution >= 4 is 23.4 Å². The molecule has 0 bridgehead atoms. The molecule has 0 aliphatic heterocycles. The average Bonchev–Trinajstić information content (AvgIpc) is 2.20. The first-order valence-corrected chi connectivity index (χ1v) is 4.50. The Balaban J connectivity index is 2.91. The largest absolute Gasteiger partial charge is 0.368 e. The Morgan fingerprint density at radius 2 is 1.88 bits per heavy atom. The fourth-order valence-corrected chi connectivity index (χ4v) is 1.20. The van der Waals surface area contributed by atoms with E-state index in [1.807, 2.05) is 0 Å². The first kappa shape index (κ1) is 12.4. The molecule has 0 spiro atoms. The van der Waals surface area contributed by atoms with E-state index in [1.54, 1.807) is 0 Å². The van der Waals surface area contributed by atoms with Crippen LogP contribution in [0.2, 0.25) is 5.02 Å². The Kier molecular flexibility index (Phi) is 3.78. The van der Waals surface area contributed by atoms with E-state index in [1.165, 1.54) is 0 Å². The van der Waals surface area contributed by atoms with Gasteiger partial charge in [-0.1, -0.05) is 11.6 Å². The third-order valence-electron chi connectivity index (χ3n) is 1.68. The number of nitrogens with one attached hydrogen (secondary N) is 1. The van der Waals surface area contributed by atoms with E-state index in [0.29, 0.717) is 12.1 Å². The van der Waals surface area contributed by atoms with E-state index < -0.39 is 30.0 Å². The van der Waals surface area contributed by atoms with Crippen molar-refractivity contribution in [3.8, 4) is 0 Å². The number of rotatable bonds is 3. The lowest BCUT2D eigenvalue weighted by atomic mass is 10.2. The van der Waals surface area contributed by atoms with E-state index in [9.17, 15) is 18.4 Å². The molecule has 0 radical (unpaired) electrons. The van der Waals surface area contributed by atoms with Gasteiger partial charge >= 0.3 is 0 Å². The Labute approximate surface area is 94.4 Å². The zero-order valence-electron chi connectivity index (χ0n) is 7.89. The molecule has 4 nitrogen and oxygen atoms in total. The van der Waals surface area contributed by atoms with Gasteiger partial charge in [0.1, 0.15) is 0 Å². The summed E-state index contributed by atoms with van der Waals surface area (Å²) in [6, 6.07) is 1.32. The smallest absolute Gasteiger partial charge is 0.253 e. The lowest BCUT2D eigenvalue weighted by Gasteiger charge is -2.05. The minimum absolute atomic E-state index is 0.249. The Bertz CT molecular complexity index is 451. The van der Waals surface area contributed by atoms with Crippen molar-refractivity contribution in [1.82, 2.24) is 5.32 Å². The molecule has 0 atom stereocenters. The maximum absolute atomic E-state index is 12.8. The summed E-state index contributed by atoms with van der Waals surface area (Å²) >= 11 is 5.53. The predicted molar refractivity (Wildman–Crippen MR) is 52.9 cm³/mol. The third-order valence-corrected chi connectivity index (χ3v) is 1.99. The first-order chi connectivity index (χ1) is 7.41. The van der Waals surface area contributed by atoms with Gasteiger partial charge in [0, 0.05) is 0 Å². The van der Waals surface area contributed by atoms with Crippen LogP contribution in [0.15, 0.2) is 12.1 Å². The zero-order valence-corrected chi connectivity index (χ0v) is 8.65. The molecule has 0 saturated heterocycles. The zero-order chi connectivity index (χ0) is 12.3. The fraction of sp³-hybridized carbons (Fsp3) is 0.111. The van der Waals surface area contributed by atoms with Crippen molar-refractivity contribution in [2.24, 2.45) is 5.73 Å². The molecule has 1 aromatic rings. The van der Waals surface area contributed by atoms with Gasteiger partial charge in [0.2, 0.25) is 5.91 Å². The number of nitrogens with two attached hydrogens (primary N) is 1. The molecular weight excluding hydrogens is 242 g/mol. The monoisotopic (exact) mass is 248 g/mol. The molecule has 0 heterocycles. The van der Waals surface area contributed by atoms with Crippen LogP contribution in [-0.4, -0.2) is 18.4 Å². The van der Waals surface area contributed by atoms with Crippen LogP contribution in [-0.2, 0) is 4.79 Å². The highest BCUT2D eigenvalue weighted by Gasteiger charge is 2.14. The molecule has 86 valence electrons. The number of carbonyl (C=O) groups is 2. The van der Waals surface area contributed by atoms with Crippen molar-refractivity contribution < 1.29 is 18.4 Å². The lowest BCUT2D eigenvalue weighted by Crippen LogP contribution is -2.33. The summed E-state index contributed by atoms with van der Waals surface area (Å²) in [4.78, 5) is 21.7. The number of hydrogen-bond acceptors (Lipinski definition) is 2. The molecule has 0 fully saturated rings. The van der Waals surface area contributed by atoms with E-state index in [-0.39, 0.29) is 10.6 Å². The molecule has 0 aliphatic rings. The van der Waals surface area contributed by atoms with Gasteiger partial charge in [0.15, 0.2) is 11.6 Å². The third kappa shape index (κ3) is 2.90. The minimum atomic E-state index is -1.20. The molecule has 3 N–H and O–H groups in total. The van der Waals surface area contributed by atoms with Crippen LogP contribution in [0.4, 0.5) is 8.78 Å². The highest BCUT2D eigenvalue weighted by Crippen LogP contribution is 2.19. The molecule has 7 heteroatoms. The summed E-state index contributed by atoms with van der Waals surface area (Å²) in [5, 5.41) is 1.85. The van der Waals surface area contributed by atoms with Crippen LogP contribution in [0, 0.1) is 11.6 Å². The van der Waals surface area contributed by atoms with Gasteiger partial charge in [-0.3, -0.25) is 9.59 Å². The molecule has 1 aromatic carbocycles. The Morgan fingerprint density at radius 3 is 2.44 bits per heavy atom. The number of primary amides is 1. The SMILES string of the molecule is NC(=O)CNC(=O)c1cc(F)c(F)cc1Cl. The van der Waals surface area contributed by atoms with E-state index in [0.717, 1.165) is 0 Å². The van der Waals surface area contributed by atoms with Crippen LogP contribution in [0.1, 0.15) is 10.4 Å². The van der Waals surface area contributed by atoms with Crippen LogP contribution in [0.5, 0.6) is 0 Å². The quantitative estimate of drug-likeness (QED) is 0.778. The van der Waals surface area contributed by atoms with E-state index in [4.69, 9.17) is 17.3 Å². The highest BCUT2D eigenvalue weighted by atomic mass is 35.5. The molecule has 16 heavy (non-hydrogen) atoms. The highest BCUT2D eigenvalue weighted by molar-refractivity contribution is 6.33. The molecule has 0 aromatic heterocycles. The summed E-state index contributed by atoms with van der Waals surface area (Å²) in [5.74, 6) is -3.92. The summed E-state index contributed by atoms with van der Waals surface area (Å²) in [6.07, 6.45) is 0. The van der Waals surface area contributed by atoms with Crippen LogP contribution >= 0.6 is 11.6 Å². The number of benzene rings is 1. The fourth-order valence-electron chi connectivity index (χ4n) is 0.959. The van der Waals surface area contributed by atoms with Gasteiger partial charge in [-0.25, -0.2) is 8.78 Å². The molecular formula is C9H7ClF2N2O2. The van der Waals surface area contributed by atoms with Crippen molar-refractivity contribution in [2.75, 3.05) is 6.54 Å². The van der Waals surface area contributed by atoms with Gasteiger partial charge < -0.3 is 11.1 Å². The van der Waals surface area contributed by atoms with Crippen LogP contribution in [0.3, 0.4) is 0 Å². The maximum atomic E-state index is 12.8. The summed E-state index contributed by atoms with van der Waals surface area (Å²) < 4.78 is 25.5. The normalized spacial score (nSPS) is 9.94. The van der Waals surface area contributed by atoms with Crippen LogP contribution in [0.25, 0.3) is 0 Å². The maximum Gasteiger partial charge on any atom is 0.253 e. The molecule has 0 saturated carbocycles. The molecule has 0 aliphatic carbocycles. The second kappa shape index (κ2) is 4.89. The van der Waals surface area contributed by atoms with Gasteiger partial charge in [0.25, 0.3) is 5.91 Å². The van der Waals surface area contributed by atoms with Gasteiger partial charge in [0.05, 0.1) is 17.1 Å². The Morgan fingerprint density at radius 1 is 1.31 bits per heavy atom. The van der Waals surface area contributed by atoms with Gasteiger partial charge in [-0.2, -0.15) is 0 Å². The number of hydrogen-bond donors (Lipinski definition) is 2. The van der Waals surface area contributed by atoms with Crippen molar-refractivity contribution in [2.45, 2.75) is 0 Å². The first-order valence-electron chi connectivity index (χ1n) is 4.13. The van der Waals surface area contributed by atoms with E-state index in [2.05, 4.69) is 5.32 Å². The van der Waals surface area contributed by atoms with Gasteiger partial charge in [-0.15, -0.1) is 0 Å². The minimum Gasteiger partial charge on any atom is -0.368 e. The topological polar surface area (TPSA) is 72.2 Å². The lowest BCUT2D eigenvalue weighted by molar-refractivity contribution is -0.117. The predicted octanol–water partition coefficient (Wildman–Crippen LogP) is 0.833. The van der Waals surface area contributed by atoms with Gasteiger partial charge in [-0.05, 0) is 12.1 Å². The van der Waals surface area contributed by atoms with Crippen LogP contribution < -0.4 is 11.1 Å². The van der Waals surface area contributed by atoms with Crippen molar-refractivity contribution in [3.05, 3.63) is 34.4 Å². The molecule has 1 rings (SSSR count).